The van der Waals surface area contributed by atoms with Crippen molar-refractivity contribution in [1.82, 2.24) is 0 Å². The fourth-order valence-corrected chi connectivity index (χ4v) is 6.43. The van der Waals surface area contributed by atoms with E-state index in [-0.39, 0.29) is 19.4 Å². The first-order valence-electron chi connectivity index (χ1n) is 20.1. The molecule has 0 aliphatic heterocycles. The van der Waals surface area contributed by atoms with Crippen molar-refractivity contribution in [2.24, 2.45) is 5.73 Å². The van der Waals surface area contributed by atoms with Crippen molar-refractivity contribution in [3.63, 3.8) is 0 Å². The van der Waals surface area contributed by atoms with Gasteiger partial charge in [-0.1, -0.05) is 168 Å². The molecule has 0 spiro atoms. The first-order valence-corrected chi connectivity index (χ1v) is 21.6. The molecule has 0 rings (SSSR count). The molecule has 0 heterocycles. The van der Waals surface area contributed by atoms with Crippen molar-refractivity contribution >= 4 is 25.7 Å². The molecule has 4 N–H and O–H groups in total. The number of carbonyl (C=O) groups excluding carboxylic acids is 2. The number of hydrogen-bond acceptors (Lipinski definition) is 9. The molecule has 3 atom stereocenters. The van der Waals surface area contributed by atoms with Crippen molar-refractivity contribution in [3.8, 4) is 0 Å². The van der Waals surface area contributed by atoms with Crippen LogP contribution in [0.5, 0.6) is 0 Å². The third kappa shape index (κ3) is 33.6. The Bertz CT molecular complexity index is 875. The van der Waals surface area contributed by atoms with Crippen LogP contribution in [0.15, 0.2) is 0 Å². The fraction of sp³-hybridized carbons (Fsp3) is 0.921. The number of esters is 2. The van der Waals surface area contributed by atoms with Gasteiger partial charge >= 0.3 is 25.7 Å². The Labute approximate surface area is 304 Å². The molecule has 0 aliphatic carbocycles. The van der Waals surface area contributed by atoms with Crippen LogP contribution < -0.4 is 5.73 Å². The normalized spacial score (nSPS) is 13.8. The van der Waals surface area contributed by atoms with E-state index in [9.17, 15) is 23.8 Å². The second kappa shape index (κ2) is 34.6. The zero-order chi connectivity index (χ0) is 37.1. The van der Waals surface area contributed by atoms with Crippen LogP contribution in [0.3, 0.4) is 0 Å². The van der Waals surface area contributed by atoms with Crippen LogP contribution >= 0.6 is 7.82 Å². The molecule has 0 radical (unpaired) electrons. The molecule has 0 amide bonds. The molecular weight excluding hydrogens is 661 g/mol. The summed E-state index contributed by atoms with van der Waals surface area (Å²) in [5, 5.41) is 8.86. The molecule has 0 saturated heterocycles. The van der Waals surface area contributed by atoms with Crippen molar-refractivity contribution in [2.45, 2.75) is 206 Å². The summed E-state index contributed by atoms with van der Waals surface area (Å²) in [6.07, 6.45) is 30.3. The van der Waals surface area contributed by atoms with Gasteiger partial charge in [-0.15, -0.1) is 0 Å². The Morgan fingerprint density at radius 3 is 1.26 bits per heavy atom. The number of unbranched alkanes of at least 4 members (excludes halogenated alkanes) is 24. The highest BCUT2D eigenvalue weighted by Gasteiger charge is 2.28. The van der Waals surface area contributed by atoms with Crippen molar-refractivity contribution in [2.75, 3.05) is 19.8 Å². The lowest BCUT2D eigenvalue weighted by Gasteiger charge is -2.20. The van der Waals surface area contributed by atoms with Gasteiger partial charge in [0.1, 0.15) is 12.6 Å². The van der Waals surface area contributed by atoms with Crippen molar-refractivity contribution < 1.29 is 47.5 Å². The second-order valence-electron chi connectivity index (χ2n) is 13.8. The summed E-state index contributed by atoms with van der Waals surface area (Å²) in [6, 6.07) is -1.51. The highest BCUT2D eigenvalue weighted by molar-refractivity contribution is 7.47. The summed E-state index contributed by atoms with van der Waals surface area (Å²) in [4.78, 5) is 45.7. The van der Waals surface area contributed by atoms with Crippen LogP contribution in [-0.4, -0.2) is 59.9 Å². The number of rotatable bonds is 38. The molecule has 296 valence electrons. The van der Waals surface area contributed by atoms with Gasteiger partial charge in [0.25, 0.3) is 0 Å². The molecule has 0 bridgehead atoms. The molecule has 1 unspecified atom stereocenters. The predicted octanol–water partition coefficient (Wildman–Crippen LogP) is 9.95. The average Bonchev–Trinajstić information content (AvgIpc) is 3.09. The smallest absolute Gasteiger partial charge is 0.472 e. The summed E-state index contributed by atoms with van der Waals surface area (Å²) in [5.74, 6) is -2.36. The molecule has 0 aromatic heterocycles. The third-order valence-corrected chi connectivity index (χ3v) is 9.81. The lowest BCUT2D eigenvalue weighted by Crippen LogP contribution is -2.34. The molecule has 0 aromatic carbocycles. The Morgan fingerprint density at radius 2 is 0.880 bits per heavy atom. The average molecular weight is 736 g/mol. The highest BCUT2D eigenvalue weighted by atomic mass is 31.2. The maximum atomic E-state index is 12.5. The lowest BCUT2D eigenvalue weighted by molar-refractivity contribution is -0.161. The van der Waals surface area contributed by atoms with E-state index in [2.05, 4.69) is 18.4 Å². The first kappa shape index (κ1) is 48.5. The van der Waals surface area contributed by atoms with E-state index < -0.39 is 51.1 Å². The van der Waals surface area contributed by atoms with E-state index in [1.165, 1.54) is 116 Å². The lowest BCUT2D eigenvalue weighted by atomic mass is 10.0. The van der Waals surface area contributed by atoms with E-state index in [4.69, 9.17) is 24.8 Å². The summed E-state index contributed by atoms with van der Waals surface area (Å²) >= 11 is 0. The van der Waals surface area contributed by atoms with Gasteiger partial charge in [0.2, 0.25) is 0 Å². The van der Waals surface area contributed by atoms with E-state index in [0.717, 1.165) is 38.5 Å². The maximum Gasteiger partial charge on any atom is 0.472 e. The van der Waals surface area contributed by atoms with Gasteiger partial charge in [-0.3, -0.25) is 23.4 Å². The van der Waals surface area contributed by atoms with Gasteiger partial charge in [0.05, 0.1) is 13.2 Å². The Balaban J connectivity index is 4.35. The van der Waals surface area contributed by atoms with Gasteiger partial charge in [0, 0.05) is 12.8 Å². The number of nitrogens with two attached hydrogens (primary N) is 1. The van der Waals surface area contributed by atoms with E-state index >= 15 is 0 Å². The van der Waals surface area contributed by atoms with Crippen LogP contribution in [0.4, 0.5) is 0 Å². The Morgan fingerprint density at radius 1 is 0.540 bits per heavy atom. The first-order chi connectivity index (χ1) is 24.1. The molecule has 12 heteroatoms. The van der Waals surface area contributed by atoms with Crippen LogP contribution in [0.2, 0.25) is 0 Å². The second-order valence-corrected chi connectivity index (χ2v) is 15.2. The van der Waals surface area contributed by atoms with E-state index in [1.54, 1.807) is 0 Å². The quantitative estimate of drug-likeness (QED) is 0.0313. The van der Waals surface area contributed by atoms with Crippen molar-refractivity contribution in [3.05, 3.63) is 0 Å². The number of carboxylic acids is 1. The topological polar surface area (TPSA) is 172 Å². The minimum absolute atomic E-state index is 0.168. The molecule has 11 nitrogen and oxygen atoms in total. The molecule has 50 heavy (non-hydrogen) atoms. The van der Waals surface area contributed by atoms with Gasteiger partial charge < -0.3 is 25.2 Å². The monoisotopic (exact) mass is 736 g/mol. The standard InChI is InChI=1S/C38H74NO10P/c1-3-5-7-9-11-13-15-16-17-18-20-21-23-25-27-29-36(40)46-31-34(32-47-50(44,45)48-33-35(39)38(42)43)49-37(41)30-28-26-24-22-19-14-12-10-8-6-4-2/h34-35H,3-33,39H2,1-2H3,(H,42,43)(H,44,45)/t34-,35+/m1/s1. The van der Waals surface area contributed by atoms with Crippen LogP contribution in [0.1, 0.15) is 194 Å². The third-order valence-electron chi connectivity index (χ3n) is 8.86. The summed E-state index contributed by atoms with van der Waals surface area (Å²) in [6.45, 7) is 2.80. The number of ether oxygens (including phenoxy) is 2. The molecule has 0 fully saturated rings. The van der Waals surface area contributed by atoms with Gasteiger partial charge in [-0.25, -0.2) is 4.57 Å². The zero-order valence-electron chi connectivity index (χ0n) is 31.8. The number of phosphoric acid groups is 1. The molecule has 0 saturated carbocycles. The van der Waals surface area contributed by atoms with Crippen LogP contribution in [0.25, 0.3) is 0 Å². The minimum atomic E-state index is -4.70. The fourth-order valence-electron chi connectivity index (χ4n) is 5.65. The summed E-state index contributed by atoms with van der Waals surface area (Å²) in [5.41, 5.74) is 5.32. The van der Waals surface area contributed by atoms with Crippen molar-refractivity contribution in [1.29, 1.82) is 0 Å². The van der Waals surface area contributed by atoms with E-state index in [1.807, 2.05) is 0 Å². The maximum absolute atomic E-state index is 12.5. The SMILES string of the molecule is CCCCCCCCCCCCCCCCCC(=O)OC[C@H](COP(=O)(O)OC[C@H](N)C(=O)O)OC(=O)CCCCCCCCCCCCC. The molecular formula is C38H74NO10P. The minimum Gasteiger partial charge on any atom is -0.480 e. The Hall–Kier alpha value is -1.52. The Kier molecular flexibility index (Phi) is 33.5. The number of aliphatic carboxylic acids is 1. The summed E-state index contributed by atoms with van der Waals surface area (Å²) < 4.78 is 32.6. The number of carbonyl (C=O) groups is 3. The van der Waals surface area contributed by atoms with E-state index in [0.29, 0.717) is 12.8 Å². The number of phosphoric ester groups is 1. The van der Waals surface area contributed by atoms with Crippen LogP contribution in [0, 0.1) is 0 Å². The zero-order valence-corrected chi connectivity index (χ0v) is 32.7. The number of hydrogen-bond donors (Lipinski definition) is 3. The number of carboxylic acid groups (broad SMARTS) is 1. The largest absolute Gasteiger partial charge is 0.480 e. The summed E-state index contributed by atoms with van der Waals surface area (Å²) in [7, 11) is -4.70. The highest BCUT2D eigenvalue weighted by Crippen LogP contribution is 2.43. The molecule has 0 aromatic rings. The van der Waals surface area contributed by atoms with Crippen LogP contribution in [-0.2, 0) is 37.5 Å². The van der Waals surface area contributed by atoms with Gasteiger partial charge in [0.15, 0.2) is 6.10 Å². The van der Waals surface area contributed by atoms with Gasteiger partial charge in [-0.05, 0) is 12.8 Å². The van der Waals surface area contributed by atoms with Gasteiger partial charge in [-0.2, -0.15) is 0 Å². The molecule has 0 aliphatic rings. The predicted molar refractivity (Wildman–Crippen MR) is 199 cm³/mol.